The molecule has 102 valence electrons. The molecule has 0 aromatic heterocycles. The summed E-state index contributed by atoms with van der Waals surface area (Å²) in [6.07, 6.45) is 4.27. The molecule has 0 spiro atoms. The molecule has 1 saturated carbocycles. The van der Waals surface area contributed by atoms with Crippen LogP contribution in [0.25, 0.3) is 0 Å². The molecule has 0 radical (unpaired) electrons. The Bertz CT molecular complexity index is 336. The van der Waals surface area contributed by atoms with Crippen LogP contribution < -0.4 is 5.32 Å². The van der Waals surface area contributed by atoms with Gasteiger partial charge < -0.3 is 15.2 Å². The molecule has 1 amide bonds. The van der Waals surface area contributed by atoms with Crippen LogP contribution in [0.15, 0.2) is 0 Å². The second-order valence-electron chi connectivity index (χ2n) is 5.76. The maximum absolute atomic E-state index is 11.9. The van der Waals surface area contributed by atoms with Crippen molar-refractivity contribution in [3.63, 3.8) is 0 Å². The van der Waals surface area contributed by atoms with Gasteiger partial charge in [-0.15, -0.1) is 0 Å². The molecule has 1 heterocycles. The lowest BCUT2D eigenvalue weighted by Crippen LogP contribution is -2.40. The third-order valence-corrected chi connectivity index (χ3v) is 4.09. The Kier molecular flexibility index (Phi) is 3.90. The number of hydrogen-bond donors (Lipinski definition) is 2. The van der Waals surface area contributed by atoms with Gasteiger partial charge in [0.25, 0.3) is 0 Å². The van der Waals surface area contributed by atoms with Crippen molar-refractivity contribution in [1.29, 1.82) is 0 Å². The molecule has 1 aliphatic carbocycles. The number of carbonyl (C=O) groups is 2. The third-order valence-electron chi connectivity index (χ3n) is 4.09. The average molecular weight is 255 g/mol. The van der Waals surface area contributed by atoms with Crippen LogP contribution in [0.1, 0.15) is 45.4 Å². The Balaban J connectivity index is 1.77. The number of nitrogens with one attached hydrogen (secondary N) is 1. The summed E-state index contributed by atoms with van der Waals surface area (Å²) < 4.78 is 5.22. The second kappa shape index (κ2) is 5.26. The molecular formula is C13H21NO4. The minimum atomic E-state index is -0.979. The van der Waals surface area contributed by atoms with E-state index in [1.807, 2.05) is 0 Å². The first-order chi connectivity index (χ1) is 8.50. The first-order valence-corrected chi connectivity index (χ1v) is 6.66. The van der Waals surface area contributed by atoms with E-state index in [1.54, 1.807) is 0 Å². The Morgan fingerprint density at radius 1 is 1.28 bits per heavy atom. The number of hydrogen-bond acceptors (Lipinski definition) is 3. The maximum atomic E-state index is 11.9. The fourth-order valence-corrected chi connectivity index (χ4v) is 2.83. The highest BCUT2D eigenvalue weighted by Crippen LogP contribution is 2.36. The summed E-state index contributed by atoms with van der Waals surface area (Å²) in [5.41, 5.74) is 0.209. The third kappa shape index (κ3) is 3.02. The van der Waals surface area contributed by atoms with Crippen molar-refractivity contribution in [2.45, 2.75) is 57.7 Å². The zero-order valence-electron chi connectivity index (χ0n) is 10.8. The van der Waals surface area contributed by atoms with Crippen LogP contribution in [0.5, 0.6) is 0 Å². The number of aliphatic carboxylic acids is 1. The van der Waals surface area contributed by atoms with E-state index in [0.29, 0.717) is 19.4 Å². The van der Waals surface area contributed by atoms with Crippen LogP contribution in [-0.2, 0) is 14.3 Å². The van der Waals surface area contributed by atoms with Gasteiger partial charge in [0.15, 0.2) is 6.10 Å². The van der Waals surface area contributed by atoms with Crippen molar-refractivity contribution in [3.05, 3.63) is 0 Å². The van der Waals surface area contributed by atoms with Gasteiger partial charge in [0.2, 0.25) is 5.91 Å². The average Bonchev–Trinajstić information content (AvgIpc) is 2.95. The van der Waals surface area contributed by atoms with Gasteiger partial charge in [0.1, 0.15) is 6.10 Å². The molecule has 18 heavy (non-hydrogen) atoms. The lowest BCUT2D eigenvalue weighted by atomic mass is 9.89. The van der Waals surface area contributed by atoms with Crippen molar-refractivity contribution in [2.75, 3.05) is 6.54 Å². The van der Waals surface area contributed by atoms with Crippen molar-refractivity contribution < 1.29 is 19.4 Å². The molecule has 2 fully saturated rings. The largest absolute Gasteiger partial charge is 0.479 e. The van der Waals surface area contributed by atoms with Gasteiger partial charge in [0, 0.05) is 6.54 Å². The van der Waals surface area contributed by atoms with Gasteiger partial charge in [-0.25, -0.2) is 4.79 Å². The highest BCUT2D eigenvalue weighted by molar-refractivity contribution is 5.82. The zero-order valence-corrected chi connectivity index (χ0v) is 10.8. The Hall–Kier alpha value is -1.10. The summed E-state index contributed by atoms with van der Waals surface area (Å²) in [7, 11) is 0. The minimum Gasteiger partial charge on any atom is -0.479 e. The van der Waals surface area contributed by atoms with Crippen LogP contribution in [0.4, 0.5) is 0 Å². The molecular weight excluding hydrogens is 234 g/mol. The van der Waals surface area contributed by atoms with Crippen LogP contribution in [0.2, 0.25) is 0 Å². The molecule has 2 N–H and O–H groups in total. The fraction of sp³-hybridized carbons (Fsp3) is 0.846. The van der Waals surface area contributed by atoms with E-state index < -0.39 is 18.2 Å². The molecule has 5 nitrogen and oxygen atoms in total. The molecule has 0 unspecified atom stereocenters. The van der Waals surface area contributed by atoms with E-state index in [1.165, 1.54) is 12.8 Å². The lowest BCUT2D eigenvalue weighted by molar-refractivity contribution is -0.151. The van der Waals surface area contributed by atoms with Crippen molar-refractivity contribution in [2.24, 2.45) is 5.41 Å². The minimum absolute atomic E-state index is 0.160. The predicted octanol–water partition coefficient (Wildman–Crippen LogP) is 1.32. The maximum Gasteiger partial charge on any atom is 0.332 e. The summed E-state index contributed by atoms with van der Waals surface area (Å²) in [5.74, 6) is -1.14. The molecule has 2 atom stereocenters. The van der Waals surface area contributed by atoms with Gasteiger partial charge in [0.05, 0.1) is 0 Å². The van der Waals surface area contributed by atoms with E-state index in [2.05, 4.69) is 12.2 Å². The van der Waals surface area contributed by atoms with E-state index in [-0.39, 0.29) is 11.3 Å². The van der Waals surface area contributed by atoms with Crippen LogP contribution in [-0.4, -0.2) is 35.7 Å². The Morgan fingerprint density at radius 3 is 2.44 bits per heavy atom. The Labute approximate surface area is 107 Å². The number of ether oxygens (including phenoxy) is 1. The van der Waals surface area contributed by atoms with E-state index >= 15 is 0 Å². The number of amides is 1. The smallest absolute Gasteiger partial charge is 0.332 e. The molecule has 2 rings (SSSR count). The number of carboxylic acids is 1. The van der Waals surface area contributed by atoms with E-state index in [0.717, 1.165) is 12.8 Å². The number of carboxylic acid groups (broad SMARTS) is 1. The predicted molar refractivity (Wildman–Crippen MR) is 65.1 cm³/mol. The highest BCUT2D eigenvalue weighted by Gasteiger charge is 2.36. The first kappa shape index (κ1) is 13.3. The molecule has 1 aliphatic heterocycles. The summed E-state index contributed by atoms with van der Waals surface area (Å²) in [6, 6.07) is 0. The Morgan fingerprint density at radius 2 is 1.89 bits per heavy atom. The molecule has 0 aromatic rings. The van der Waals surface area contributed by atoms with Crippen molar-refractivity contribution in [3.8, 4) is 0 Å². The topological polar surface area (TPSA) is 75.6 Å². The molecule has 2 aliphatic rings. The van der Waals surface area contributed by atoms with Crippen molar-refractivity contribution in [1.82, 2.24) is 5.32 Å². The monoisotopic (exact) mass is 255 g/mol. The highest BCUT2D eigenvalue weighted by atomic mass is 16.5. The van der Waals surface area contributed by atoms with Gasteiger partial charge in [-0.3, -0.25) is 4.79 Å². The van der Waals surface area contributed by atoms with Crippen LogP contribution >= 0.6 is 0 Å². The SMILES string of the molecule is CC1(CNC(=O)[C@@H]2CC[C@H](C(=O)O)O2)CCCC1. The molecule has 1 saturated heterocycles. The quantitative estimate of drug-likeness (QED) is 0.794. The van der Waals surface area contributed by atoms with Gasteiger partial charge >= 0.3 is 5.97 Å². The summed E-state index contributed by atoms with van der Waals surface area (Å²) in [6.45, 7) is 2.86. The van der Waals surface area contributed by atoms with E-state index in [9.17, 15) is 9.59 Å². The first-order valence-electron chi connectivity index (χ1n) is 6.66. The number of rotatable bonds is 4. The molecule has 0 bridgehead atoms. The van der Waals surface area contributed by atoms with Crippen LogP contribution in [0.3, 0.4) is 0 Å². The fourth-order valence-electron chi connectivity index (χ4n) is 2.83. The lowest BCUT2D eigenvalue weighted by Gasteiger charge is -2.24. The van der Waals surface area contributed by atoms with Gasteiger partial charge in [-0.1, -0.05) is 19.8 Å². The molecule has 5 heteroatoms. The van der Waals surface area contributed by atoms with Gasteiger partial charge in [-0.2, -0.15) is 0 Å². The van der Waals surface area contributed by atoms with Crippen molar-refractivity contribution >= 4 is 11.9 Å². The second-order valence-corrected chi connectivity index (χ2v) is 5.76. The normalized spacial score (nSPS) is 30.3. The summed E-state index contributed by atoms with van der Waals surface area (Å²) >= 11 is 0. The zero-order chi connectivity index (χ0) is 13.2. The summed E-state index contributed by atoms with van der Waals surface area (Å²) in [5, 5.41) is 11.7. The summed E-state index contributed by atoms with van der Waals surface area (Å²) in [4.78, 5) is 22.6. The molecule has 0 aromatic carbocycles. The van der Waals surface area contributed by atoms with Crippen LogP contribution in [0, 0.1) is 5.41 Å². The standard InChI is InChI=1S/C13H21NO4/c1-13(6-2-3-7-13)8-14-11(15)9-4-5-10(18-9)12(16)17/h9-10H,2-8H2,1H3,(H,14,15)(H,16,17)/t9-,10+/m0/s1. The van der Waals surface area contributed by atoms with Gasteiger partial charge in [-0.05, 0) is 31.1 Å². The number of carbonyl (C=O) groups excluding carboxylic acids is 1. The van der Waals surface area contributed by atoms with E-state index in [4.69, 9.17) is 9.84 Å².